The fourth-order valence-electron chi connectivity index (χ4n) is 2.62. The molecule has 1 aliphatic carbocycles. The van der Waals surface area contributed by atoms with Crippen LogP contribution in [-0.2, 0) is 5.60 Å². The summed E-state index contributed by atoms with van der Waals surface area (Å²) in [4.78, 5) is 0. The third-order valence-corrected chi connectivity index (χ3v) is 4.21. The van der Waals surface area contributed by atoms with Gasteiger partial charge in [0, 0.05) is 5.56 Å². The molecule has 1 saturated carbocycles. The average Bonchev–Trinajstić information content (AvgIpc) is 2.31. The van der Waals surface area contributed by atoms with E-state index in [4.69, 9.17) is 0 Å². The minimum atomic E-state index is -1.21. The van der Waals surface area contributed by atoms with Crippen molar-refractivity contribution in [2.24, 2.45) is 5.41 Å². The summed E-state index contributed by atoms with van der Waals surface area (Å²) in [7, 11) is 0. The SMILES string of the molecule is Cc1ccc(C2(O)CCC(C)(C)CC2)c(F)c1F. The second-order valence-electron chi connectivity index (χ2n) is 6.25. The molecule has 2 rings (SSSR count). The highest BCUT2D eigenvalue weighted by molar-refractivity contribution is 5.30. The summed E-state index contributed by atoms with van der Waals surface area (Å²) in [6.07, 6.45) is 2.61. The quantitative estimate of drug-likeness (QED) is 0.801. The van der Waals surface area contributed by atoms with Gasteiger partial charge < -0.3 is 5.11 Å². The van der Waals surface area contributed by atoms with Gasteiger partial charge in [-0.3, -0.25) is 0 Å². The number of hydrogen-bond donors (Lipinski definition) is 1. The van der Waals surface area contributed by atoms with Gasteiger partial charge in [-0.25, -0.2) is 8.78 Å². The van der Waals surface area contributed by atoms with Crippen LogP contribution in [0.15, 0.2) is 12.1 Å². The summed E-state index contributed by atoms with van der Waals surface area (Å²) >= 11 is 0. The van der Waals surface area contributed by atoms with Gasteiger partial charge in [-0.2, -0.15) is 0 Å². The smallest absolute Gasteiger partial charge is 0.165 e. The molecule has 18 heavy (non-hydrogen) atoms. The Kier molecular flexibility index (Phi) is 3.22. The summed E-state index contributed by atoms with van der Waals surface area (Å²) in [5, 5.41) is 10.6. The van der Waals surface area contributed by atoms with Gasteiger partial charge in [-0.05, 0) is 43.6 Å². The van der Waals surface area contributed by atoms with E-state index in [0.29, 0.717) is 12.8 Å². The lowest BCUT2D eigenvalue weighted by Crippen LogP contribution is -2.35. The Labute approximate surface area is 107 Å². The Morgan fingerprint density at radius 1 is 1.00 bits per heavy atom. The Morgan fingerprint density at radius 3 is 2.11 bits per heavy atom. The molecule has 0 saturated heterocycles. The van der Waals surface area contributed by atoms with Crippen molar-refractivity contribution < 1.29 is 13.9 Å². The first kappa shape index (κ1) is 13.5. The lowest BCUT2D eigenvalue weighted by atomic mass is 9.68. The zero-order valence-electron chi connectivity index (χ0n) is 11.2. The maximum atomic E-state index is 13.9. The molecule has 0 spiro atoms. The molecule has 1 fully saturated rings. The van der Waals surface area contributed by atoms with Crippen molar-refractivity contribution in [3.05, 3.63) is 34.9 Å². The molecular weight excluding hydrogens is 234 g/mol. The van der Waals surface area contributed by atoms with Crippen molar-refractivity contribution in [3.8, 4) is 0 Å². The highest BCUT2D eigenvalue weighted by atomic mass is 19.2. The molecule has 0 amide bonds. The summed E-state index contributed by atoms with van der Waals surface area (Å²) in [6.45, 7) is 5.80. The van der Waals surface area contributed by atoms with Gasteiger partial charge in [0.15, 0.2) is 11.6 Å². The minimum Gasteiger partial charge on any atom is -0.385 e. The Balaban J connectivity index is 2.35. The number of halogens is 2. The first-order chi connectivity index (χ1) is 8.25. The van der Waals surface area contributed by atoms with Gasteiger partial charge in [0.25, 0.3) is 0 Å². The molecule has 0 radical (unpaired) electrons. The standard InChI is InChI=1S/C15H20F2O/c1-10-4-5-11(13(17)12(10)16)15(18)8-6-14(2,3)7-9-15/h4-5,18H,6-9H2,1-3H3. The predicted octanol–water partition coefficient (Wildman–Crippen LogP) is 4.06. The van der Waals surface area contributed by atoms with Crippen LogP contribution >= 0.6 is 0 Å². The maximum Gasteiger partial charge on any atom is 0.165 e. The molecule has 100 valence electrons. The average molecular weight is 254 g/mol. The zero-order chi connectivity index (χ0) is 13.6. The van der Waals surface area contributed by atoms with Crippen LogP contribution in [0.4, 0.5) is 8.78 Å². The van der Waals surface area contributed by atoms with Crippen molar-refractivity contribution in [3.63, 3.8) is 0 Å². The predicted molar refractivity (Wildman–Crippen MR) is 67.2 cm³/mol. The van der Waals surface area contributed by atoms with E-state index in [1.807, 2.05) is 0 Å². The highest BCUT2D eigenvalue weighted by Gasteiger charge is 2.40. The maximum absolute atomic E-state index is 13.9. The van der Waals surface area contributed by atoms with Crippen LogP contribution in [0.2, 0.25) is 0 Å². The van der Waals surface area contributed by atoms with E-state index < -0.39 is 17.2 Å². The molecular formula is C15H20F2O. The molecule has 1 aromatic rings. The van der Waals surface area contributed by atoms with Gasteiger partial charge in [-0.15, -0.1) is 0 Å². The fraction of sp³-hybridized carbons (Fsp3) is 0.600. The third-order valence-electron chi connectivity index (χ3n) is 4.21. The van der Waals surface area contributed by atoms with Crippen molar-refractivity contribution >= 4 is 0 Å². The van der Waals surface area contributed by atoms with Gasteiger partial charge in [0.1, 0.15) is 0 Å². The number of aryl methyl sites for hydroxylation is 1. The molecule has 3 heteroatoms. The van der Waals surface area contributed by atoms with E-state index in [1.165, 1.54) is 19.1 Å². The van der Waals surface area contributed by atoms with Crippen LogP contribution in [0.5, 0.6) is 0 Å². The van der Waals surface area contributed by atoms with E-state index >= 15 is 0 Å². The Morgan fingerprint density at radius 2 is 1.56 bits per heavy atom. The van der Waals surface area contributed by atoms with Crippen molar-refractivity contribution in [1.82, 2.24) is 0 Å². The Bertz CT molecular complexity index is 456. The molecule has 1 N–H and O–H groups in total. The second kappa shape index (κ2) is 4.30. The van der Waals surface area contributed by atoms with E-state index in [-0.39, 0.29) is 16.5 Å². The monoisotopic (exact) mass is 254 g/mol. The van der Waals surface area contributed by atoms with Gasteiger partial charge >= 0.3 is 0 Å². The van der Waals surface area contributed by atoms with Crippen LogP contribution in [0.1, 0.15) is 50.7 Å². The minimum absolute atomic E-state index is 0.112. The topological polar surface area (TPSA) is 20.2 Å². The van der Waals surface area contributed by atoms with Crippen LogP contribution in [-0.4, -0.2) is 5.11 Å². The molecule has 0 atom stereocenters. The summed E-state index contributed by atoms with van der Waals surface area (Å²) in [5.41, 5.74) is -0.655. The summed E-state index contributed by atoms with van der Waals surface area (Å²) < 4.78 is 27.5. The fourth-order valence-corrected chi connectivity index (χ4v) is 2.62. The molecule has 0 unspecified atom stereocenters. The van der Waals surface area contributed by atoms with E-state index in [1.54, 1.807) is 0 Å². The van der Waals surface area contributed by atoms with E-state index in [9.17, 15) is 13.9 Å². The van der Waals surface area contributed by atoms with Crippen molar-refractivity contribution in [2.45, 2.75) is 52.1 Å². The normalized spacial score (nSPS) is 21.9. The number of hydrogen-bond acceptors (Lipinski definition) is 1. The van der Waals surface area contributed by atoms with E-state index in [0.717, 1.165) is 12.8 Å². The first-order valence-electron chi connectivity index (χ1n) is 6.43. The molecule has 0 aromatic heterocycles. The second-order valence-corrected chi connectivity index (χ2v) is 6.25. The Hall–Kier alpha value is -0.960. The van der Waals surface area contributed by atoms with Crippen LogP contribution in [0, 0.1) is 24.0 Å². The number of benzene rings is 1. The molecule has 0 aliphatic heterocycles. The largest absolute Gasteiger partial charge is 0.385 e. The summed E-state index contributed by atoms with van der Waals surface area (Å²) in [6, 6.07) is 3.05. The van der Waals surface area contributed by atoms with Crippen molar-refractivity contribution in [2.75, 3.05) is 0 Å². The lowest BCUT2D eigenvalue weighted by molar-refractivity contribution is -0.0335. The number of aliphatic hydroxyl groups is 1. The molecule has 0 heterocycles. The van der Waals surface area contributed by atoms with E-state index in [2.05, 4.69) is 13.8 Å². The number of rotatable bonds is 1. The van der Waals surface area contributed by atoms with Crippen LogP contribution in [0.25, 0.3) is 0 Å². The highest BCUT2D eigenvalue weighted by Crippen LogP contribution is 2.45. The van der Waals surface area contributed by atoms with Crippen LogP contribution < -0.4 is 0 Å². The van der Waals surface area contributed by atoms with Gasteiger partial charge in [-0.1, -0.05) is 26.0 Å². The molecule has 1 aromatic carbocycles. The molecule has 1 nitrogen and oxygen atoms in total. The third kappa shape index (κ3) is 2.28. The van der Waals surface area contributed by atoms with Crippen molar-refractivity contribution in [1.29, 1.82) is 0 Å². The van der Waals surface area contributed by atoms with Gasteiger partial charge in [0.05, 0.1) is 5.60 Å². The lowest BCUT2D eigenvalue weighted by Gasteiger charge is -2.40. The molecule has 1 aliphatic rings. The first-order valence-corrected chi connectivity index (χ1v) is 6.43. The summed E-state index contributed by atoms with van der Waals surface area (Å²) in [5.74, 6) is -1.73. The zero-order valence-corrected chi connectivity index (χ0v) is 11.2. The van der Waals surface area contributed by atoms with Gasteiger partial charge in [0.2, 0.25) is 0 Å². The molecule has 0 bridgehead atoms. The van der Waals surface area contributed by atoms with Crippen LogP contribution in [0.3, 0.4) is 0 Å².